The molecule has 1 aromatic rings. The van der Waals surface area contributed by atoms with Crippen LogP contribution in [-0.4, -0.2) is 138 Å². The van der Waals surface area contributed by atoms with Crippen molar-refractivity contribution in [3.05, 3.63) is 34.9 Å². The van der Waals surface area contributed by atoms with Gasteiger partial charge in [0, 0.05) is 91.1 Å². The Bertz CT molecular complexity index is 2410. The molecule has 0 fully saturated rings. The van der Waals surface area contributed by atoms with E-state index in [1.165, 1.54) is 0 Å². The molecule has 3 N–H and O–H groups in total. The lowest BCUT2D eigenvalue weighted by atomic mass is 9.82. The molecule has 24 nitrogen and oxygen atoms in total. The molecule has 0 aromatic heterocycles. The number of ether oxygens (including phenoxy) is 9. The van der Waals surface area contributed by atoms with E-state index in [0.717, 1.165) is 18.2 Å². The second-order valence-corrected chi connectivity index (χ2v) is 34.8. The molecule has 0 saturated carbocycles. The molecule has 0 aliphatic rings. The zero-order valence-electron chi connectivity index (χ0n) is 65.0. The Morgan fingerprint density at radius 3 is 0.404 bits per heavy atom. The van der Waals surface area contributed by atoms with Crippen LogP contribution in [0.15, 0.2) is 18.2 Å². The zero-order chi connectivity index (χ0) is 77.0. The average molecular weight is 1400 g/mol. The quantitative estimate of drug-likeness (QED) is 0.0435. The van der Waals surface area contributed by atoms with E-state index in [0.29, 0.717) is 0 Å². The third-order valence-electron chi connectivity index (χ3n) is 13.9. The minimum absolute atomic E-state index is 0.238. The molecule has 0 bridgehead atoms. The largest absolute Gasteiger partial charge is 0.460 e. The Morgan fingerprint density at radius 2 is 0.313 bits per heavy atom. The van der Waals surface area contributed by atoms with Gasteiger partial charge in [-0.15, -0.1) is 0 Å². The van der Waals surface area contributed by atoms with E-state index >= 15 is 14.4 Å². The summed E-state index contributed by atoms with van der Waals surface area (Å²) in [6.07, 6.45) is -5.34. The topological polar surface area (TPSA) is 324 Å². The van der Waals surface area contributed by atoms with Gasteiger partial charge >= 0.3 is 53.7 Å². The van der Waals surface area contributed by atoms with Gasteiger partial charge in [-0.25, -0.2) is 0 Å². The number of amides is 3. The van der Waals surface area contributed by atoms with E-state index in [9.17, 15) is 43.2 Å². The molecule has 564 valence electrons. The first-order valence-electron chi connectivity index (χ1n) is 34.5. The molecule has 0 spiro atoms. The molecule has 0 heterocycles. The molecule has 0 atom stereocenters. The van der Waals surface area contributed by atoms with E-state index in [-0.39, 0.29) is 132 Å². The smallest absolute Gasteiger partial charge is 0.306 e. The predicted molar refractivity (Wildman–Crippen MR) is 373 cm³/mol. The number of benzene rings is 1. The van der Waals surface area contributed by atoms with E-state index < -0.39 is 138 Å². The number of esters is 9. The number of hydrogen-bond acceptors (Lipinski definition) is 21. The summed E-state index contributed by atoms with van der Waals surface area (Å²) in [5.74, 6) is -9.14. The van der Waals surface area contributed by atoms with Gasteiger partial charge in [0.1, 0.15) is 50.4 Å². The summed E-state index contributed by atoms with van der Waals surface area (Å²) >= 11 is 0. The van der Waals surface area contributed by atoms with Gasteiger partial charge in [0.2, 0.25) is 0 Å². The number of nitrogens with one attached hydrogen (secondary N) is 3. The standard InChI is InChI=1S/C75H123N3O21/c1-64(2,3)91-52(79)28-37-73(38-29-53(80)92-65(4,5)6,39-30-54(81)93-66(7,8)9)76-61(88)49-46-50(62(89)77-74(40-31-55(82)94-67(10,11)12,41-32-56(83)95-68(13,14)15)42-33-57(84)96-69(16,17)18)48-51(47-49)63(90)78-75(43-34-58(85)97-70(19,20)21,44-35-59(86)98-71(22,23)24)45-36-60(87)99-72(25,26)27/h46-48H,28-45H2,1-27H3,(H,76,88)(H,77,89)(H,78,90). The monoisotopic (exact) mass is 1400 g/mol. The maximum atomic E-state index is 15.7. The van der Waals surface area contributed by atoms with Crippen molar-refractivity contribution >= 4 is 71.4 Å². The van der Waals surface area contributed by atoms with Crippen molar-refractivity contribution in [1.29, 1.82) is 0 Å². The van der Waals surface area contributed by atoms with Crippen LogP contribution in [0.25, 0.3) is 0 Å². The molecule has 1 rings (SSSR count). The third kappa shape index (κ3) is 41.9. The number of hydrogen-bond donors (Lipinski definition) is 3. The summed E-state index contributed by atoms with van der Waals surface area (Å²) in [4.78, 5) is 170. The van der Waals surface area contributed by atoms with Crippen molar-refractivity contribution in [2.75, 3.05) is 0 Å². The minimum atomic E-state index is -1.66. The van der Waals surface area contributed by atoms with Crippen molar-refractivity contribution in [2.24, 2.45) is 0 Å². The lowest BCUT2D eigenvalue weighted by Crippen LogP contribution is -2.51. The molecule has 0 aliphatic carbocycles. The highest BCUT2D eigenvalue weighted by Gasteiger charge is 2.41. The van der Waals surface area contributed by atoms with Crippen LogP contribution in [0.3, 0.4) is 0 Å². The summed E-state index contributed by atoms with van der Waals surface area (Å²) in [5.41, 5.74) is -14.7. The first-order valence-corrected chi connectivity index (χ1v) is 34.5. The van der Waals surface area contributed by atoms with Crippen LogP contribution in [0, 0.1) is 0 Å². The molecule has 1 aromatic carbocycles. The molecule has 99 heavy (non-hydrogen) atoms. The summed E-state index contributed by atoms with van der Waals surface area (Å²) in [6.45, 7) is 45.1. The lowest BCUT2D eigenvalue weighted by molar-refractivity contribution is -0.158. The normalized spacial score (nSPS) is 13.0. The Hall–Kier alpha value is -7.14. The molecule has 0 radical (unpaired) electrons. The molecule has 24 heteroatoms. The van der Waals surface area contributed by atoms with Crippen molar-refractivity contribution < 1.29 is 100 Å². The second kappa shape index (κ2) is 35.9. The highest BCUT2D eigenvalue weighted by Crippen LogP contribution is 2.34. The predicted octanol–water partition coefficient (Wildman–Crippen LogP) is 13.2. The first kappa shape index (κ1) is 89.9. The first-order chi connectivity index (χ1) is 44.4. The SMILES string of the molecule is CC(C)(C)OC(=O)CCC(CCC(=O)OC(C)(C)C)(CCC(=O)OC(C)(C)C)NC(=O)c1cc(C(=O)NC(CCC(=O)OC(C)(C)C)(CCC(=O)OC(C)(C)C)CCC(=O)OC(C)(C)C)cc(C(=O)NC(CCC(=O)OC(C)(C)C)(CCC(=O)OC(C)(C)C)CCC(=O)OC(C)(C)C)c1. The molecule has 0 unspecified atom stereocenters. The van der Waals surface area contributed by atoms with Crippen molar-refractivity contribution in [3.8, 4) is 0 Å². The van der Waals surface area contributed by atoms with Gasteiger partial charge in [0.25, 0.3) is 17.7 Å². The Morgan fingerprint density at radius 1 is 0.212 bits per heavy atom. The Kier molecular flexibility index (Phi) is 32.6. The van der Waals surface area contributed by atoms with Gasteiger partial charge < -0.3 is 58.6 Å². The summed E-state index contributed by atoms with van der Waals surface area (Å²) in [7, 11) is 0. The van der Waals surface area contributed by atoms with Crippen molar-refractivity contribution in [1.82, 2.24) is 16.0 Å². The number of carbonyl (C=O) groups excluding carboxylic acids is 12. The summed E-state index contributed by atoms with van der Waals surface area (Å²) in [6, 6.07) is 3.47. The van der Waals surface area contributed by atoms with Crippen molar-refractivity contribution in [2.45, 2.75) is 370 Å². The highest BCUT2D eigenvalue weighted by atomic mass is 16.6. The molecule has 3 amide bonds. The van der Waals surface area contributed by atoms with Gasteiger partial charge in [-0.05, 0) is 263 Å². The van der Waals surface area contributed by atoms with Gasteiger partial charge in [0.15, 0.2) is 0 Å². The summed E-state index contributed by atoms with van der Waals surface area (Å²) in [5, 5.41) is 9.01. The fourth-order valence-corrected chi connectivity index (χ4v) is 10.3. The van der Waals surface area contributed by atoms with Crippen LogP contribution < -0.4 is 16.0 Å². The lowest BCUT2D eigenvalue weighted by Gasteiger charge is -2.37. The molecule has 0 aliphatic heterocycles. The van der Waals surface area contributed by atoms with E-state index in [1.807, 2.05) is 0 Å². The van der Waals surface area contributed by atoms with Crippen molar-refractivity contribution in [3.63, 3.8) is 0 Å². The Labute approximate surface area is 589 Å². The maximum Gasteiger partial charge on any atom is 0.306 e. The highest BCUT2D eigenvalue weighted by molar-refractivity contribution is 6.05. The zero-order valence-corrected chi connectivity index (χ0v) is 65.0. The number of carbonyl (C=O) groups is 12. The van der Waals surface area contributed by atoms with Crippen LogP contribution >= 0.6 is 0 Å². The van der Waals surface area contributed by atoms with Crippen LogP contribution in [0.1, 0.15) is 334 Å². The molecular formula is C75H123N3O21. The Balaban J connectivity index is 4.92. The second-order valence-electron chi connectivity index (χ2n) is 34.8. The minimum Gasteiger partial charge on any atom is -0.460 e. The van der Waals surface area contributed by atoms with Gasteiger partial charge in [-0.2, -0.15) is 0 Å². The molecule has 0 saturated heterocycles. The molecular weight excluding hydrogens is 1280 g/mol. The summed E-state index contributed by atoms with van der Waals surface area (Å²) < 4.78 is 51.3. The van der Waals surface area contributed by atoms with E-state index in [2.05, 4.69) is 16.0 Å². The fourth-order valence-electron chi connectivity index (χ4n) is 10.3. The van der Waals surface area contributed by atoms with Gasteiger partial charge in [-0.3, -0.25) is 57.5 Å². The third-order valence-corrected chi connectivity index (χ3v) is 13.9. The number of rotatable bonds is 33. The van der Waals surface area contributed by atoms with E-state index in [4.69, 9.17) is 42.6 Å². The van der Waals surface area contributed by atoms with Crippen LogP contribution in [0.4, 0.5) is 0 Å². The van der Waals surface area contributed by atoms with Crippen LogP contribution in [0.5, 0.6) is 0 Å². The van der Waals surface area contributed by atoms with E-state index in [1.54, 1.807) is 187 Å². The average Bonchev–Trinajstić information content (AvgIpc) is 0.799. The fraction of sp³-hybridized carbons (Fsp3) is 0.760. The van der Waals surface area contributed by atoms with Crippen LogP contribution in [-0.2, 0) is 85.8 Å². The van der Waals surface area contributed by atoms with Gasteiger partial charge in [0.05, 0.1) is 0 Å². The van der Waals surface area contributed by atoms with Gasteiger partial charge in [-0.1, -0.05) is 0 Å². The maximum absolute atomic E-state index is 15.7. The van der Waals surface area contributed by atoms with Crippen LogP contribution in [0.2, 0.25) is 0 Å².